The van der Waals surface area contributed by atoms with Gasteiger partial charge in [0.1, 0.15) is 11.5 Å². The van der Waals surface area contributed by atoms with Crippen LogP contribution in [0.3, 0.4) is 0 Å². The van der Waals surface area contributed by atoms with Crippen LogP contribution in [0, 0.1) is 13.8 Å². The second kappa shape index (κ2) is 8.68. The molecule has 3 unspecified atom stereocenters. The summed E-state index contributed by atoms with van der Waals surface area (Å²) in [5, 5.41) is 4.39. The van der Waals surface area contributed by atoms with Crippen LogP contribution in [0.4, 0.5) is 5.69 Å². The van der Waals surface area contributed by atoms with Gasteiger partial charge in [0.2, 0.25) is 0 Å². The number of hydrogen-bond acceptors (Lipinski definition) is 4. The molecule has 4 nitrogen and oxygen atoms in total. The third-order valence-corrected chi connectivity index (χ3v) is 7.52. The predicted molar refractivity (Wildman–Crippen MR) is 124 cm³/mol. The molecule has 2 fully saturated rings. The SMILES string of the molecule is COc1cc(NC2CC3CCC(C2)N3C(C)c2ccc(OC)c(C)c2C)ccc1Cl. The van der Waals surface area contributed by atoms with E-state index in [1.807, 2.05) is 18.2 Å². The minimum atomic E-state index is 0.420. The van der Waals surface area contributed by atoms with Crippen molar-refractivity contribution in [3.8, 4) is 11.5 Å². The molecule has 2 aliphatic rings. The molecule has 2 bridgehead atoms. The van der Waals surface area contributed by atoms with Gasteiger partial charge in [-0.05, 0) is 81.3 Å². The molecule has 30 heavy (non-hydrogen) atoms. The van der Waals surface area contributed by atoms with E-state index in [1.54, 1.807) is 14.2 Å². The lowest BCUT2D eigenvalue weighted by Gasteiger charge is -2.43. The number of halogens is 1. The van der Waals surface area contributed by atoms with Gasteiger partial charge < -0.3 is 14.8 Å². The predicted octanol–water partition coefficient (Wildman–Crippen LogP) is 6.14. The van der Waals surface area contributed by atoms with Gasteiger partial charge >= 0.3 is 0 Å². The molecule has 2 aromatic rings. The highest BCUT2D eigenvalue weighted by Gasteiger charge is 2.43. The van der Waals surface area contributed by atoms with Crippen molar-refractivity contribution in [3.05, 3.63) is 52.0 Å². The second-order valence-corrected chi connectivity index (χ2v) is 9.18. The van der Waals surface area contributed by atoms with E-state index >= 15 is 0 Å². The molecule has 1 N–H and O–H groups in total. The Morgan fingerprint density at radius 3 is 2.27 bits per heavy atom. The fraction of sp³-hybridized carbons (Fsp3) is 0.520. The fourth-order valence-electron chi connectivity index (χ4n) is 5.60. The Kier molecular flexibility index (Phi) is 6.17. The van der Waals surface area contributed by atoms with Crippen molar-refractivity contribution >= 4 is 17.3 Å². The van der Waals surface area contributed by atoms with E-state index in [4.69, 9.17) is 21.1 Å². The first kappa shape index (κ1) is 21.3. The molecule has 5 heteroatoms. The number of nitrogens with one attached hydrogen (secondary N) is 1. The van der Waals surface area contributed by atoms with Crippen LogP contribution in [0.2, 0.25) is 5.02 Å². The molecule has 162 valence electrons. The summed E-state index contributed by atoms with van der Waals surface area (Å²) in [7, 11) is 3.41. The molecule has 2 aromatic carbocycles. The van der Waals surface area contributed by atoms with Crippen molar-refractivity contribution in [2.75, 3.05) is 19.5 Å². The topological polar surface area (TPSA) is 33.7 Å². The van der Waals surface area contributed by atoms with Gasteiger partial charge in [0, 0.05) is 35.9 Å². The number of hydrogen-bond donors (Lipinski definition) is 1. The lowest BCUT2D eigenvalue weighted by atomic mass is 9.91. The second-order valence-electron chi connectivity index (χ2n) is 8.78. The standard InChI is InChI=1S/C25H33ClN2O2/c1-15-16(2)24(29-4)11-9-22(15)17(3)28-20-7-8-21(28)13-19(12-20)27-18-6-10-23(26)25(14-18)30-5/h6,9-11,14,17,19-21,27H,7-8,12-13H2,1-5H3. The fourth-order valence-corrected chi connectivity index (χ4v) is 5.79. The summed E-state index contributed by atoms with van der Waals surface area (Å²) >= 11 is 6.18. The molecule has 0 saturated carbocycles. The molecular formula is C25H33ClN2O2. The van der Waals surface area contributed by atoms with Gasteiger partial charge in [-0.2, -0.15) is 0 Å². The number of benzene rings is 2. The van der Waals surface area contributed by atoms with Crippen molar-refractivity contribution < 1.29 is 9.47 Å². The molecule has 0 aliphatic carbocycles. The normalized spacial score (nSPS) is 24.5. The Bertz CT molecular complexity index is 902. The number of ether oxygens (including phenoxy) is 2. The van der Waals surface area contributed by atoms with E-state index in [9.17, 15) is 0 Å². The summed E-state index contributed by atoms with van der Waals surface area (Å²) in [6.07, 6.45) is 4.90. The maximum Gasteiger partial charge on any atom is 0.139 e. The van der Waals surface area contributed by atoms with Gasteiger partial charge in [0.25, 0.3) is 0 Å². The Labute approximate surface area is 185 Å². The van der Waals surface area contributed by atoms with Gasteiger partial charge in [-0.3, -0.25) is 4.90 Å². The first-order chi connectivity index (χ1) is 14.4. The number of anilines is 1. The highest BCUT2D eigenvalue weighted by atomic mass is 35.5. The molecular weight excluding hydrogens is 396 g/mol. The average Bonchev–Trinajstić information content (AvgIpc) is 3.01. The lowest BCUT2D eigenvalue weighted by molar-refractivity contribution is 0.0887. The van der Waals surface area contributed by atoms with Crippen molar-refractivity contribution in [2.45, 2.75) is 70.6 Å². The molecule has 2 heterocycles. The van der Waals surface area contributed by atoms with Crippen LogP contribution >= 0.6 is 11.6 Å². The molecule has 0 aromatic heterocycles. The Morgan fingerprint density at radius 2 is 1.63 bits per heavy atom. The van der Waals surface area contributed by atoms with Crippen LogP contribution in [-0.2, 0) is 0 Å². The first-order valence-corrected chi connectivity index (χ1v) is 11.3. The third kappa shape index (κ3) is 3.88. The smallest absolute Gasteiger partial charge is 0.139 e. The average molecular weight is 429 g/mol. The van der Waals surface area contributed by atoms with Gasteiger partial charge in [0.05, 0.1) is 19.2 Å². The van der Waals surface area contributed by atoms with Crippen LogP contribution < -0.4 is 14.8 Å². The summed E-state index contributed by atoms with van der Waals surface area (Å²) < 4.78 is 10.9. The van der Waals surface area contributed by atoms with E-state index < -0.39 is 0 Å². The monoisotopic (exact) mass is 428 g/mol. The van der Waals surface area contributed by atoms with Crippen molar-refractivity contribution in [2.24, 2.45) is 0 Å². The van der Waals surface area contributed by atoms with Crippen molar-refractivity contribution in [3.63, 3.8) is 0 Å². The number of rotatable bonds is 6. The molecule has 0 radical (unpaired) electrons. The zero-order valence-corrected chi connectivity index (χ0v) is 19.4. The first-order valence-electron chi connectivity index (χ1n) is 10.9. The molecule has 3 atom stereocenters. The van der Waals surface area contributed by atoms with E-state index in [1.165, 1.54) is 42.4 Å². The number of fused-ring (bicyclic) bond motifs is 2. The number of piperidine rings is 1. The maximum absolute atomic E-state index is 6.18. The number of nitrogens with zero attached hydrogens (tertiary/aromatic N) is 1. The summed E-state index contributed by atoms with van der Waals surface area (Å²) in [5.74, 6) is 1.70. The molecule has 0 amide bonds. The summed E-state index contributed by atoms with van der Waals surface area (Å²) in [6.45, 7) is 6.76. The van der Waals surface area contributed by atoms with E-state index in [0.717, 1.165) is 17.2 Å². The van der Waals surface area contributed by atoms with Gasteiger partial charge in [-0.1, -0.05) is 17.7 Å². The molecule has 4 rings (SSSR count). The lowest BCUT2D eigenvalue weighted by Crippen LogP contribution is -2.48. The van der Waals surface area contributed by atoms with Gasteiger partial charge in [-0.15, -0.1) is 0 Å². The van der Waals surface area contributed by atoms with Crippen LogP contribution in [0.1, 0.15) is 55.3 Å². The van der Waals surface area contributed by atoms with E-state index in [2.05, 4.69) is 43.1 Å². The Balaban J connectivity index is 1.49. The highest BCUT2D eigenvalue weighted by Crippen LogP contribution is 2.43. The zero-order chi connectivity index (χ0) is 21.4. The third-order valence-electron chi connectivity index (χ3n) is 7.21. The van der Waals surface area contributed by atoms with Crippen LogP contribution in [0.25, 0.3) is 0 Å². The quantitative estimate of drug-likeness (QED) is 0.598. The van der Waals surface area contributed by atoms with Gasteiger partial charge in [0.15, 0.2) is 0 Å². The highest BCUT2D eigenvalue weighted by molar-refractivity contribution is 6.32. The van der Waals surface area contributed by atoms with E-state index in [-0.39, 0.29) is 0 Å². The largest absolute Gasteiger partial charge is 0.496 e. The minimum Gasteiger partial charge on any atom is -0.496 e. The minimum absolute atomic E-state index is 0.420. The maximum atomic E-state index is 6.18. The Hall–Kier alpha value is -1.91. The Morgan fingerprint density at radius 1 is 0.967 bits per heavy atom. The van der Waals surface area contributed by atoms with Crippen LogP contribution in [0.15, 0.2) is 30.3 Å². The molecule has 0 spiro atoms. The summed E-state index contributed by atoms with van der Waals surface area (Å²) in [4.78, 5) is 2.77. The molecule has 2 aliphatic heterocycles. The zero-order valence-electron chi connectivity index (χ0n) is 18.7. The number of methoxy groups -OCH3 is 2. The van der Waals surface area contributed by atoms with Crippen molar-refractivity contribution in [1.82, 2.24) is 4.90 Å². The summed E-state index contributed by atoms with van der Waals surface area (Å²) in [6, 6.07) is 12.5. The summed E-state index contributed by atoms with van der Waals surface area (Å²) in [5.41, 5.74) is 5.13. The van der Waals surface area contributed by atoms with Gasteiger partial charge in [-0.25, -0.2) is 0 Å². The van der Waals surface area contributed by atoms with Crippen molar-refractivity contribution in [1.29, 1.82) is 0 Å². The molecule has 2 saturated heterocycles. The van der Waals surface area contributed by atoms with Crippen LogP contribution in [-0.4, -0.2) is 37.2 Å². The van der Waals surface area contributed by atoms with Crippen LogP contribution in [0.5, 0.6) is 11.5 Å². The van der Waals surface area contributed by atoms with E-state index in [0.29, 0.717) is 29.2 Å².